The average Bonchev–Trinajstić information content (AvgIpc) is 3.46. The second-order valence-corrected chi connectivity index (χ2v) is 12.6. The van der Waals surface area contributed by atoms with E-state index < -0.39 is 34.3 Å². The number of hydrogen-bond donors (Lipinski definition) is 1. The van der Waals surface area contributed by atoms with Gasteiger partial charge < -0.3 is 10.2 Å². The van der Waals surface area contributed by atoms with Crippen molar-refractivity contribution in [1.29, 1.82) is 0 Å². The molecule has 3 aromatic rings. The molecule has 0 saturated heterocycles. The molecule has 11 heteroatoms. The Kier molecular flexibility index (Phi) is 10.3. The molecule has 1 saturated carbocycles. The summed E-state index contributed by atoms with van der Waals surface area (Å²) in [7, 11) is -4.29. The van der Waals surface area contributed by atoms with Crippen molar-refractivity contribution in [2.45, 2.75) is 62.6 Å². The van der Waals surface area contributed by atoms with Crippen molar-refractivity contribution in [2.75, 3.05) is 10.8 Å². The first-order valence-corrected chi connectivity index (χ1v) is 15.7. The smallest absolute Gasteiger partial charge is 0.264 e. The highest BCUT2D eigenvalue weighted by Gasteiger charge is 2.35. The summed E-state index contributed by atoms with van der Waals surface area (Å²) in [5.74, 6) is -1.53. The van der Waals surface area contributed by atoms with Gasteiger partial charge in [0, 0.05) is 28.2 Å². The third kappa shape index (κ3) is 7.39. The van der Waals surface area contributed by atoms with E-state index in [0.29, 0.717) is 15.6 Å². The normalized spacial score (nSPS) is 14.4. The predicted molar refractivity (Wildman–Crippen MR) is 159 cm³/mol. The Morgan fingerprint density at radius 3 is 2.15 bits per heavy atom. The van der Waals surface area contributed by atoms with Crippen LogP contribution in [0.4, 0.5) is 10.1 Å². The standard InChI is InChI=1S/C30H32Cl2FN3O4S/c1-2-28(30(38)34-22-9-6-7-10-22)35(19-25-26(31)13-8-14-27(25)32)29(37)20-36(23-11-4-3-5-12-23)41(39,40)24-17-15-21(33)16-18-24/h3-5,8,11-18,22,28H,2,6-7,9-10,19-20H2,1H3,(H,34,38). The van der Waals surface area contributed by atoms with Crippen molar-refractivity contribution in [3.63, 3.8) is 0 Å². The molecule has 1 fully saturated rings. The van der Waals surface area contributed by atoms with Gasteiger partial charge >= 0.3 is 0 Å². The molecule has 1 N–H and O–H groups in total. The van der Waals surface area contributed by atoms with E-state index in [1.165, 1.54) is 4.90 Å². The first-order valence-electron chi connectivity index (χ1n) is 13.5. The van der Waals surface area contributed by atoms with Crippen LogP contribution < -0.4 is 9.62 Å². The summed E-state index contributed by atoms with van der Waals surface area (Å²) in [6.07, 6.45) is 4.05. The van der Waals surface area contributed by atoms with Gasteiger partial charge in [0.05, 0.1) is 10.6 Å². The molecular weight excluding hydrogens is 588 g/mol. The van der Waals surface area contributed by atoms with Crippen LogP contribution in [-0.4, -0.2) is 43.8 Å². The maximum atomic E-state index is 14.1. The van der Waals surface area contributed by atoms with E-state index in [1.54, 1.807) is 55.5 Å². The van der Waals surface area contributed by atoms with Crippen LogP contribution >= 0.6 is 23.2 Å². The van der Waals surface area contributed by atoms with Gasteiger partial charge in [0.1, 0.15) is 18.4 Å². The molecule has 1 atom stereocenters. The number of hydrogen-bond acceptors (Lipinski definition) is 4. The molecule has 1 aliphatic carbocycles. The van der Waals surface area contributed by atoms with Crippen LogP contribution in [0.2, 0.25) is 10.0 Å². The molecule has 1 unspecified atom stereocenters. The van der Waals surface area contributed by atoms with Crippen LogP contribution in [0.1, 0.15) is 44.6 Å². The van der Waals surface area contributed by atoms with Crippen molar-refractivity contribution in [3.8, 4) is 0 Å². The molecule has 218 valence electrons. The zero-order valence-corrected chi connectivity index (χ0v) is 24.9. The highest BCUT2D eigenvalue weighted by atomic mass is 35.5. The van der Waals surface area contributed by atoms with Gasteiger partial charge in [0.2, 0.25) is 11.8 Å². The third-order valence-electron chi connectivity index (χ3n) is 7.20. The molecule has 0 bridgehead atoms. The van der Waals surface area contributed by atoms with E-state index in [9.17, 15) is 22.4 Å². The fourth-order valence-electron chi connectivity index (χ4n) is 5.00. The summed E-state index contributed by atoms with van der Waals surface area (Å²) >= 11 is 12.9. The molecule has 2 amide bonds. The molecule has 4 rings (SSSR count). The van der Waals surface area contributed by atoms with Crippen LogP contribution in [0.25, 0.3) is 0 Å². The Hall–Kier alpha value is -3.14. The first-order chi connectivity index (χ1) is 19.6. The third-order valence-corrected chi connectivity index (χ3v) is 9.70. The van der Waals surface area contributed by atoms with Gasteiger partial charge in [-0.3, -0.25) is 13.9 Å². The summed E-state index contributed by atoms with van der Waals surface area (Å²) in [5, 5.41) is 3.70. The lowest BCUT2D eigenvalue weighted by Gasteiger charge is -2.34. The number of carbonyl (C=O) groups excluding carboxylic acids is 2. The molecule has 0 heterocycles. The van der Waals surface area contributed by atoms with Crippen LogP contribution in [0.15, 0.2) is 77.7 Å². The lowest BCUT2D eigenvalue weighted by Crippen LogP contribution is -2.53. The highest BCUT2D eigenvalue weighted by molar-refractivity contribution is 7.92. The minimum Gasteiger partial charge on any atom is -0.352 e. The van der Waals surface area contributed by atoms with Crippen molar-refractivity contribution in [2.24, 2.45) is 0 Å². The van der Waals surface area contributed by atoms with Gasteiger partial charge in [-0.1, -0.05) is 67.2 Å². The quantitative estimate of drug-likeness (QED) is 0.277. The Balaban J connectivity index is 1.72. The fraction of sp³-hybridized carbons (Fsp3) is 0.333. The van der Waals surface area contributed by atoms with E-state index in [1.807, 2.05) is 0 Å². The number of rotatable bonds is 11. The maximum absolute atomic E-state index is 14.1. The maximum Gasteiger partial charge on any atom is 0.264 e. The summed E-state index contributed by atoms with van der Waals surface area (Å²) in [4.78, 5) is 28.8. The molecule has 3 aromatic carbocycles. The minimum atomic E-state index is -4.29. The molecular formula is C30H32Cl2FN3O4S. The molecule has 0 radical (unpaired) electrons. The topological polar surface area (TPSA) is 86.8 Å². The number of para-hydroxylation sites is 1. The van der Waals surface area contributed by atoms with Crippen LogP contribution in [0.5, 0.6) is 0 Å². The summed E-state index contributed by atoms with van der Waals surface area (Å²) in [6.45, 7) is 1.07. The number of carbonyl (C=O) groups is 2. The minimum absolute atomic E-state index is 0.0251. The molecule has 7 nitrogen and oxygen atoms in total. The van der Waals surface area contributed by atoms with E-state index in [2.05, 4.69) is 5.32 Å². The van der Waals surface area contributed by atoms with Crippen molar-refractivity contribution < 1.29 is 22.4 Å². The monoisotopic (exact) mass is 619 g/mol. The van der Waals surface area contributed by atoms with E-state index in [0.717, 1.165) is 54.3 Å². The van der Waals surface area contributed by atoms with Crippen LogP contribution in [0, 0.1) is 5.82 Å². The summed E-state index contributed by atoms with van der Waals surface area (Å²) in [6, 6.07) is 16.6. The largest absolute Gasteiger partial charge is 0.352 e. The van der Waals surface area contributed by atoms with Crippen molar-refractivity contribution in [1.82, 2.24) is 10.2 Å². The fourth-order valence-corrected chi connectivity index (χ4v) is 6.93. The highest BCUT2D eigenvalue weighted by Crippen LogP contribution is 2.29. The van der Waals surface area contributed by atoms with Crippen LogP contribution in [0.3, 0.4) is 0 Å². The van der Waals surface area contributed by atoms with Gasteiger partial charge in [0.25, 0.3) is 10.0 Å². The Bertz CT molecular complexity index is 1450. The Morgan fingerprint density at radius 1 is 0.951 bits per heavy atom. The number of nitrogens with one attached hydrogen (secondary N) is 1. The van der Waals surface area contributed by atoms with Crippen molar-refractivity contribution >= 4 is 50.7 Å². The zero-order valence-electron chi connectivity index (χ0n) is 22.6. The first kappa shape index (κ1) is 30.8. The molecule has 0 aromatic heterocycles. The number of sulfonamides is 1. The number of halogens is 3. The Morgan fingerprint density at radius 2 is 1.56 bits per heavy atom. The molecule has 0 aliphatic heterocycles. The lowest BCUT2D eigenvalue weighted by atomic mass is 10.1. The average molecular weight is 621 g/mol. The lowest BCUT2D eigenvalue weighted by molar-refractivity contribution is -0.140. The molecule has 0 spiro atoms. The predicted octanol–water partition coefficient (Wildman–Crippen LogP) is 6.19. The van der Waals surface area contributed by atoms with E-state index >= 15 is 0 Å². The van der Waals surface area contributed by atoms with Gasteiger partial charge in [-0.05, 0) is 67.8 Å². The van der Waals surface area contributed by atoms with Crippen molar-refractivity contribution in [3.05, 3.63) is 94.2 Å². The van der Waals surface area contributed by atoms with E-state index in [-0.39, 0.29) is 35.5 Å². The van der Waals surface area contributed by atoms with Gasteiger partial charge in [0.15, 0.2) is 0 Å². The number of benzene rings is 3. The van der Waals surface area contributed by atoms with Crippen LogP contribution in [-0.2, 0) is 26.2 Å². The Labute approximate surface area is 250 Å². The van der Waals surface area contributed by atoms with Gasteiger partial charge in [-0.25, -0.2) is 12.8 Å². The summed E-state index contributed by atoms with van der Waals surface area (Å²) < 4.78 is 42.1. The second-order valence-electron chi connectivity index (χ2n) is 9.94. The number of nitrogens with zero attached hydrogens (tertiary/aromatic N) is 2. The second kappa shape index (κ2) is 13.7. The molecule has 41 heavy (non-hydrogen) atoms. The zero-order chi connectivity index (χ0) is 29.6. The van der Waals surface area contributed by atoms with E-state index in [4.69, 9.17) is 23.2 Å². The number of anilines is 1. The van der Waals surface area contributed by atoms with Gasteiger partial charge in [-0.2, -0.15) is 0 Å². The SMILES string of the molecule is CCC(C(=O)NC1CCCC1)N(Cc1c(Cl)cccc1Cl)C(=O)CN(c1ccccc1)S(=O)(=O)c1ccc(F)cc1. The van der Waals surface area contributed by atoms with Gasteiger partial charge in [-0.15, -0.1) is 0 Å². The summed E-state index contributed by atoms with van der Waals surface area (Å²) in [5.41, 5.74) is 0.688. The molecule has 1 aliphatic rings. The number of amides is 2.